The summed E-state index contributed by atoms with van der Waals surface area (Å²) in [4.78, 5) is 44.6. The first-order valence-electron chi connectivity index (χ1n) is 16.3. The summed E-state index contributed by atoms with van der Waals surface area (Å²) in [5, 5.41) is 2.43. The Morgan fingerprint density at radius 3 is 2.04 bits per heavy atom. The number of amides is 4. The summed E-state index contributed by atoms with van der Waals surface area (Å²) in [6.45, 7) is 4.40. The number of imide groups is 2. The molecule has 2 atom stereocenters. The molecule has 8 nitrogen and oxygen atoms in total. The maximum Gasteiger partial charge on any atom is 0.335 e. The molecule has 48 heavy (non-hydrogen) atoms. The predicted molar refractivity (Wildman–Crippen MR) is 195 cm³/mol. The molecule has 3 aliphatic rings. The molecule has 244 valence electrons. The van der Waals surface area contributed by atoms with E-state index in [2.05, 4.69) is 57.1 Å². The number of rotatable bonds is 8. The smallest absolute Gasteiger partial charge is 0.335 e. The van der Waals surface area contributed by atoms with Crippen molar-refractivity contribution >= 4 is 57.9 Å². The van der Waals surface area contributed by atoms with Gasteiger partial charge in [0.05, 0.1) is 23.0 Å². The van der Waals surface area contributed by atoms with E-state index in [1.807, 2.05) is 61.5 Å². The lowest BCUT2D eigenvalue weighted by Gasteiger charge is -2.44. The monoisotopic (exact) mass is 753 g/mol. The quantitative estimate of drug-likeness (QED) is 0.113. The van der Waals surface area contributed by atoms with Crippen LogP contribution in [0.25, 0.3) is 6.08 Å². The number of ether oxygens (including phenoxy) is 2. The lowest BCUT2D eigenvalue weighted by Crippen LogP contribution is -2.54. The SMILES string of the molecule is CCCOc1c(I)cc(/C=C2\C(=O)NC(=O)N(c3cc4c5c(c3)[C@H](c3ccccc3)CCN5CC[C@@H]4c3ccccc3)C2=O)cc1OC. The Hall–Kier alpha value is -4.64. The minimum atomic E-state index is -0.763. The lowest BCUT2D eigenvalue weighted by molar-refractivity contribution is -0.122. The van der Waals surface area contributed by atoms with E-state index in [-0.39, 0.29) is 17.4 Å². The van der Waals surface area contributed by atoms with Crippen LogP contribution in [0.3, 0.4) is 0 Å². The van der Waals surface area contributed by atoms with Crippen LogP contribution in [0.15, 0.2) is 90.5 Å². The van der Waals surface area contributed by atoms with Gasteiger partial charge in [-0.2, -0.15) is 0 Å². The fourth-order valence-electron chi connectivity index (χ4n) is 7.19. The number of carbonyl (C=O) groups excluding carboxylic acids is 3. The Balaban J connectivity index is 1.35. The number of halogens is 1. The number of nitrogens with one attached hydrogen (secondary N) is 1. The number of hydrogen-bond donors (Lipinski definition) is 1. The first-order valence-corrected chi connectivity index (χ1v) is 17.4. The predicted octanol–water partition coefficient (Wildman–Crippen LogP) is 7.63. The molecule has 3 heterocycles. The first-order chi connectivity index (χ1) is 23.4. The fourth-order valence-corrected chi connectivity index (χ4v) is 7.98. The van der Waals surface area contributed by atoms with Gasteiger partial charge in [-0.15, -0.1) is 0 Å². The largest absolute Gasteiger partial charge is 0.493 e. The Bertz CT molecular complexity index is 1850. The molecular weight excluding hydrogens is 717 g/mol. The zero-order valence-electron chi connectivity index (χ0n) is 26.9. The summed E-state index contributed by atoms with van der Waals surface area (Å²) in [6, 6.07) is 27.5. The van der Waals surface area contributed by atoms with Crippen molar-refractivity contribution in [3.8, 4) is 11.5 Å². The third-order valence-electron chi connectivity index (χ3n) is 9.37. The summed E-state index contributed by atoms with van der Waals surface area (Å²) in [7, 11) is 1.55. The highest BCUT2D eigenvalue weighted by atomic mass is 127. The van der Waals surface area contributed by atoms with Crippen LogP contribution in [0.4, 0.5) is 16.2 Å². The molecule has 1 N–H and O–H groups in total. The van der Waals surface area contributed by atoms with Gasteiger partial charge < -0.3 is 14.4 Å². The van der Waals surface area contributed by atoms with Gasteiger partial charge in [0.15, 0.2) is 11.5 Å². The molecule has 1 saturated heterocycles. The summed E-state index contributed by atoms with van der Waals surface area (Å²) in [6.07, 6.45) is 4.18. The molecule has 4 aromatic carbocycles. The number of anilines is 2. The van der Waals surface area contributed by atoms with Crippen molar-refractivity contribution in [3.63, 3.8) is 0 Å². The standard InChI is InChI=1S/C39H36IN3O5/c1-3-18-48-36-33(40)20-24(21-34(36)47-2)19-32-37(44)41-39(46)43(38(32)45)27-22-30-28(25-10-6-4-7-11-25)14-16-42-17-15-29(31(23-27)35(30)42)26-12-8-5-9-13-26/h4-13,19-23,28-29H,3,14-18H2,1-2H3,(H,41,44,46)/b32-19+/t28-,29+. The first kappa shape index (κ1) is 31.9. The van der Waals surface area contributed by atoms with E-state index in [0.717, 1.165) is 51.9 Å². The number of carbonyl (C=O) groups is 3. The summed E-state index contributed by atoms with van der Waals surface area (Å²) >= 11 is 2.16. The zero-order chi connectivity index (χ0) is 33.4. The molecule has 0 radical (unpaired) electrons. The summed E-state index contributed by atoms with van der Waals surface area (Å²) in [5.41, 5.74) is 6.64. The van der Waals surface area contributed by atoms with E-state index >= 15 is 0 Å². The third kappa shape index (κ3) is 5.85. The van der Waals surface area contributed by atoms with Crippen LogP contribution < -0.4 is 24.6 Å². The number of nitrogens with zero attached hydrogens (tertiary/aromatic N) is 2. The Labute approximate surface area is 293 Å². The van der Waals surface area contributed by atoms with Gasteiger partial charge >= 0.3 is 6.03 Å². The van der Waals surface area contributed by atoms with E-state index in [9.17, 15) is 14.4 Å². The lowest BCUT2D eigenvalue weighted by atomic mass is 9.76. The highest BCUT2D eigenvalue weighted by Crippen LogP contribution is 2.50. The molecule has 7 rings (SSSR count). The number of benzene rings is 4. The number of hydrogen-bond acceptors (Lipinski definition) is 6. The molecule has 9 heteroatoms. The molecular formula is C39H36IN3O5. The molecule has 0 bridgehead atoms. The van der Waals surface area contributed by atoms with Crippen molar-refractivity contribution in [2.45, 2.75) is 38.0 Å². The van der Waals surface area contributed by atoms with Crippen LogP contribution in [-0.4, -0.2) is 44.7 Å². The van der Waals surface area contributed by atoms with Gasteiger partial charge in [0.2, 0.25) is 0 Å². The maximum atomic E-state index is 14.3. The van der Waals surface area contributed by atoms with E-state index < -0.39 is 17.8 Å². The topological polar surface area (TPSA) is 88.2 Å². The molecule has 1 fully saturated rings. The van der Waals surface area contributed by atoms with Crippen molar-refractivity contribution in [1.82, 2.24) is 5.32 Å². The van der Waals surface area contributed by atoms with Crippen LogP contribution in [0.5, 0.6) is 11.5 Å². The Kier molecular flexibility index (Phi) is 8.96. The van der Waals surface area contributed by atoms with Crippen LogP contribution in [0.1, 0.15) is 65.8 Å². The normalized spacial score (nSPS) is 19.6. The maximum absolute atomic E-state index is 14.3. The second-order valence-corrected chi connectivity index (χ2v) is 13.5. The van der Waals surface area contributed by atoms with E-state index in [4.69, 9.17) is 9.47 Å². The van der Waals surface area contributed by atoms with Gasteiger partial charge in [0, 0.05) is 30.6 Å². The molecule has 0 unspecified atom stereocenters. The molecule has 0 spiro atoms. The van der Waals surface area contributed by atoms with Crippen molar-refractivity contribution in [3.05, 3.63) is 122 Å². The van der Waals surface area contributed by atoms with E-state index in [1.165, 1.54) is 22.9 Å². The summed E-state index contributed by atoms with van der Waals surface area (Å²) in [5.74, 6) is -0.127. The number of barbiturate groups is 1. The van der Waals surface area contributed by atoms with Gasteiger partial charge in [-0.25, -0.2) is 9.69 Å². The van der Waals surface area contributed by atoms with E-state index in [1.54, 1.807) is 13.2 Å². The average molecular weight is 754 g/mol. The van der Waals surface area contributed by atoms with Crippen LogP contribution in [-0.2, 0) is 9.59 Å². The van der Waals surface area contributed by atoms with Crippen LogP contribution in [0.2, 0.25) is 0 Å². The minimum Gasteiger partial charge on any atom is -0.493 e. The van der Waals surface area contributed by atoms with Gasteiger partial charge in [-0.1, -0.05) is 67.6 Å². The second-order valence-electron chi connectivity index (χ2n) is 12.3. The molecule has 3 aliphatic heterocycles. The van der Waals surface area contributed by atoms with Gasteiger partial charge in [-0.05, 0) is 100 Å². The van der Waals surface area contributed by atoms with Crippen molar-refractivity contribution < 1.29 is 23.9 Å². The Morgan fingerprint density at radius 1 is 0.875 bits per heavy atom. The van der Waals surface area contributed by atoms with Crippen LogP contribution in [0, 0.1) is 3.57 Å². The van der Waals surface area contributed by atoms with Gasteiger partial charge in [0.25, 0.3) is 11.8 Å². The van der Waals surface area contributed by atoms with Gasteiger partial charge in [-0.3, -0.25) is 14.9 Å². The second kappa shape index (κ2) is 13.5. The highest BCUT2D eigenvalue weighted by Gasteiger charge is 2.40. The minimum absolute atomic E-state index is 0.0910. The van der Waals surface area contributed by atoms with Crippen molar-refractivity contribution in [2.24, 2.45) is 0 Å². The van der Waals surface area contributed by atoms with Crippen LogP contribution >= 0.6 is 22.6 Å². The third-order valence-corrected chi connectivity index (χ3v) is 10.2. The number of methoxy groups -OCH3 is 1. The molecule has 0 saturated carbocycles. The Morgan fingerprint density at radius 2 is 1.48 bits per heavy atom. The summed E-state index contributed by atoms with van der Waals surface area (Å²) < 4.78 is 12.3. The number of urea groups is 1. The zero-order valence-corrected chi connectivity index (χ0v) is 29.0. The van der Waals surface area contributed by atoms with Gasteiger partial charge in [0.1, 0.15) is 5.57 Å². The molecule has 0 aromatic heterocycles. The molecule has 0 aliphatic carbocycles. The van der Waals surface area contributed by atoms with Crippen molar-refractivity contribution in [1.29, 1.82) is 0 Å². The molecule has 4 amide bonds. The molecule has 4 aromatic rings. The van der Waals surface area contributed by atoms with Crippen molar-refractivity contribution in [2.75, 3.05) is 36.6 Å². The fraction of sp³-hybridized carbons (Fsp3) is 0.256. The van der Waals surface area contributed by atoms with E-state index in [0.29, 0.717) is 29.4 Å². The average Bonchev–Trinajstić information content (AvgIpc) is 3.10. The highest BCUT2D eigenvalue weighted by molar-refractivity contribution is 14.1.